The Kier molecular flexibility index (Phi) is 7.57. The molecule has 1 saturated heterocycles. The van der Waals surface area contributed by atoms with Crippen molar-refractivity contribution in [3.63, 3.8) is 0 Å². The van der Waals surface area contributed by atoms with Gasteiger partial charge < -0.3 is 19.9 Å². The fourth-order valence-electron chi connectivity index (χ4n) is 3.25. The number of sulfone groups is 1. The number of methoxy groups -OCH3 is 1. The van der Waals surface area contributed by atoms with Gasteiger partial charge in [0.2, 0.25) is 0 Å². The van der Waals surface area contributed by atoms with E-state index >= 15 is 0 Å². The number of rotatable bonds is 7. The van der Waals surface area contributed by atoms with E-state index in [4.69, 9.17) is 4.74 Å². The lowest BCUT2D eigenvalue weighted by Crippen LogP contribution is -2.53. The normalized spacial score (nSPS) is 16.2. The van der Waals surface area contributed by atoms with Gasteiger partial charge in [0.15, 0.2) is 5.96 Å². The van der Waals surface area contributed by atoms with Crippen LogP contribution in [0.2, 0.25) is 0 Å². The average Bonchev–Trinajstić information content (AvgIpc) is 2.67. The maximum absolute atomic E-state index is 11.4. The standard InChI is InChI=1S/C20H34N4O3S/c1-20(2,10-15-28(5,25)26)16-22-19(21-3)24-13-11-23(12-14-24)17-8-6-7-9-18(17)27-4/h6-9H,10-16H2,1-5H3,(H,21,22). The van der Waals surface area contributed by atoms with Crippen LogP contribution in [0.25, 0.3) is 0 Å². The van der Waals surface area contributed by atoms with Crippen LogP contribution in [-0.2, 0) is 9.84 Å². The molecular formula is C20H34N4O3S. The zero-order valence-electron chi connectivity index (χ0n) is 17.7. The van der Waals surface area contributed by atoms with Crippen molar-refractivity contribution >= 4 is 21.5 Å². The van der Waals surface area contributed by atoms with Gasteiger partial charge in [-0.3, -0.25) is 4.99 Å². The number of para-hydroxylation sites is 2. The summed E-state index contributed by atoms with van der Waals surface area (Å²) in [6.07, 6.45) is 1.91. The number of hydrogen-bond acceptors (Lipinski definition) is 5. The highest BCUT2D eigenvalue weighted by Gasteiger charge is 2.24. The second kappa shape index (κ2) is 9.49. The van der Waals surface area contributed by atoms with E-state index < -0.39 is 9.84 Å². The first-order chi connectivity index (χ1) is 13.1. The summed E-state index contributed by atoms with van der Waals surface area (Å²) in [4.78, 5) is 9.01. The summed E-state index contributed by atoms with van der Waals surface area (Å²) >= 11 is 0. The molecule has 1 aliphatic rings. The summed E-state index contributed by atoms with van der Waals surface area (Å²) < 4.78 is 28.4. The van der Waals surface area contributed by atoms with Crippen LogP contribution in [0.15, 0.2) is 29.3 Å². The molecule has 28 heavy (non-hydrogen) atoms. The van der Waals surface area contributed by atoms with E-state index in [0.29, 0.717) is 13.0 Å². The number of piperazine rings is 1. The largest absolute Gasteiger partial charge is 0.495 e. The first-order valence-corrected chi connectivity index (χ1v) is 11.7. The third kappa shape index (κ3) is 6.58. The summed E-state index contributed by atoms with van der Waals surface area (Å²) in [7, 11) is 0.546. The summed E-state index contributed by atoms with van der Waals surface area (Å²) in [6.45, 7) is 8.35. The number of hydrogen-bond donors (Lipinski definition) is 1. The molecule has 0 radical (unpaired) electrons. The molecule has 7 nitrogen and oxygen atoms in total. The van der Waals surface area contributed by atoms with Crippen LogP contribution in [0.3, 0.4) is 0 Å². The van der Waals surface area contributed by atoms with Crippen LogP contribution in [0, 0.1) is 5.41 Å². The van der Waals surface area contributed by atoms with E-state index in [2.05, 4.69) is 40.0 Å². The second-order valence-electron chi connectivity index (χ2n) is 8.09. The van der Waals surface area contributed by atoms with Gasteiger partial charge in [0, 0.05) is 46.0 Å². The first kappa shape index (κ1) is 22.3. The number of benzene rings is 1. The molecule has 0 amide bonds. The van der Waals surface area contributed by atoms with E-state index in [1.54, 1.807) is 14.2 Å². The quantitative estimate of drug-likeness (QED) is 0.546. The molecule has 1 heterocycles. The van der Waals surface area contributed by atoms with Gasteiger partial charge in [-0.05, 0) is 24.0 Å². The van der Waals surface area contributed by atoms with Crippen molar-refractivity contribution in [3.05, 3.63) is 24.3 Å². The Morgan fingerprint density at radius 2 is 1.86 bits per heavy atom. The van der Waals surface area contributed by atoms with Crippen molar-refractivity contribution in [2.75, 3.05) is 63.8 Å². The van der Waals surface area contributed by atoms with Gasteiger partial charge in [-0.15, -0.1) is 0 Å². The molecule has 1 aromatic carbocycles. The van der Waals surface area contributed by atoms with Gasteiger partial charge in [-0.2, -0.15) is 0 Å². The second-order valence-corrected chi connectivity index (χ2v) is 10.4. The van der Waals surface area contributed by atoms with Gasteiger partial charge >= 0.3 is 0 Å². The predicted octanol–water partition coefficient (Wildman–Crippen LogP) is 1.85. The fraction of sp³-hybridized carbons (Fsp3) is 0.650. The van der Waals surface area contributed by atoms with Gasteiger partial charge in [-0.25, -0.2) is 8.42 Å². The van der Waals surface area contributed by atoms with Gasteiger partial charge in [-0.1, -0.05) is 26.0 Å². The molecular weight excluding hydrogens is 376 g/mol. The minimum absolute atomic E-state index is 0.127. The number of anilines is 1. The lowest BCUT2D eigenvalue weighted by Gasteiger charge is -2.38. The maximum atomic E-state index is 11.4. The minimum atomic E-state index is -2.94. The number of guanidine groups is 1. The van der Waals surface area contributed by atoms with Crippen LogP contribution in [0.4, 0.5) is 5.69 Å². The Labute approximate surface area is 169 Å². The van der Waals surface area contributed by atoms with Crippen molar-refractivity contribution in [2.24, 2.45) is 10.4 Å². The number of nitrogens with one attached hydrogen (secondary N) is 1. The molecule has 1 aromatic rings. The number of ether oxygens (including phenoxy) is 1. The van der Waals surface area contributed by atoms with Crippen LogP contribution in [0.5, 0.6) is 5.75 Å². The molecule has 0 spiro atoms. The monoisotopic (exact) mass is 410 g/mol. The Morgan fingerprint density at radius 1 is 1.21 bits per heavy atom. The Morgan fingerprint density at radius 3 is 2.43 bits per heavy atom. The van der Waals surface area contributed by atoms with E-state index in [0.717, 1.165) is 43.6 Å². The van der Waals surface area contributed by atoms with Crippen molar-refractivity contribution < 1.29 is 13.2 Å². The lowest BCUT2D eigenvalue weighted by atomic mass is 9.90. The average molecular weight is 411 g/mol. The molecule has 1 aliphatic heterocycles. The molecule has 0 atom stereocenters. The molecule has 0 aromatic heterocycles. The zero-order valence-corrected chi connectivity index (χ0v) is 18.6. The highest BCUT2D eigenvalue weighted by atomic mass is 32.2. The van der Waals surface area contributed by atoms with E-state index in [1.807, 2.05) is 18.2 Å². The minimum Gasteiger partial charge on any atom is -0.495 e. The third-order valence-corrected chi connectivity index (χ3v) is 6.04. The Bertz CT molecular complexity index is 769. The molecule has 1 N–H and O–H groups in total. The van der Waals surface area contributed by atoms with E-state index in [-0.39, 0.29) is 11.2 Å². The Balaban J connectivity index is 1.89. The summed E-state index contributed by atoms with van der Waals surface area (Å²) in [5.41, 5.74) is 0.993. The smallest absolute Gasteiger partial charge is 0.193 e. The van der Waals surface area contributed by atoms with Gasteiger partial charge in [0.05, 0.1) is 18.6 Å². The van der Waals surface area contributed by atoms with Crippen LogP contribution in [-0.4, -0.2) is 78.2 Å². The fourth-order valence-corrected chi connectivity index (χ4v) is 4.17. The topological polar surface area (TPSA) is 74.2 Å². The molecule has 1 fully saturated rings. The van der Waals surface area contributed by atoms with Crippen molar-refractivity contribution in [3.8, 4) is 5.75 Å². The van der Waals surface area contributed by atoms with Gasteiger partial charge in [0.1, 0.15) is 15.6 Å². The first-order valence-electron chi connectivity index (χ1n) is 9.66. The van der Waals surface area contributed by atoms with E-state index in [9.17, 15) is 8.42 Å². The third-order valence-electron chi connectivity index (χ3n) is 5.09. The molecule has 0 aliphatic carbocycles. The summed E-state index contributed by atoms with van der Waals surface area (Å²) in [5, 5.41) is 3.43. The highest BCUT2D eigenvalue weighted by molar-refractivity contribution is 7.90. The number of nitrogens with zero attached hydrogens (tertiary/aromatic N) is 3. The van der Waals surface area contributed by atoms with Crippen molar-refractivity contribution in [1.29, 1.82) is 0 Å². The molecule has 0 bridgehead atoms. The van der Waals surface area contributed by atoms with Crippen LogP contribution >= 0.6 is 0 Å². The summed E-state index contributed by atoms with van der Waals surface area (Å²) in [5.74, 6) is 1.97. The molecule has 0 saturated carbocycles. The highest BCUT2D eigenvalue weighted by Crippen LogP contribution is 2.28. The predicted molar refractivity (Wildman–Crippen MR) is 116 cm³/mol. The molecule has 158 valence electrons. The van der Waals surface area contributed by atoms with Crippen LogP contribution in [0.1, 0.15) is 20.3 Å². The zero-order chi connectivity index (χ0) is 20.8. The SMILES string of the molecule is CN=C(NCC(C)(C)CCS(C)(=O)=O)N1CCN(c2ccccc2OC)CC1. The van der Waals surface area contributed by atoms with Gasteiger partial charge in [0.25, 0.3) is 0 Å². The van der Waals surface area contributed by atoms with E-state index in [1.165, 1.54) is 6.26 Å². The lowest BCUT2D eigenvalue weighted by molar-refractivity contribution is 0.326. The summed E-state index contributed by atoms with van der Waals surface area (Å²) in [6, 6.07) is 8.09. The maximum Gasteiger partial charge on any atom is 0.193 e. The molecule has 2 rings (SSSR count). The molecule has 0 unspecified atom stereocenters. The number of aliphatic imine (C=N–C) groups is 1. The molecule has 8 heteroatoms. The van der Waals surface area contributed by atoms with Crippen molar-refractivity contribution in [2.45, 2.75) is 20.3 Å². The van der Waals surface area contributed by atoms with Crippen molar-refractivity contribution in [1.82, 2.24) is 10.2 Å². The van der Waals surface area contributed by atoms with Crippen LogP contribution < -0.4 is 15.0 Å². The Hall–Kier alpha value is -1.96.